The predicted molar refractivity (Wildman–Crippen MR) is 139 cm³/mol. The summed E-state index contributed by atoms with van der Waals surface area (Å²) in [6, 6.07) is 27.9. The number of aryl methyl sites for hydroxylation is 1. The van der Waals surface area contributed by atoms with Crippen LogP contribution in [0.15, 0.2) is 84.9 Å². The molecule has 0 bridgehead atoms. The van der Waals surface area contributed by atoms with Crippen LogP contribution in [0.4, 0.5) is 0 Å². The minimum absolute atomic E-state index is 0.384. The highest BCUT2D eigenvalue weighted by Crippen LogP contribution is 2.32. The lowest BCUT2D eigenvalue weighted by atomic mass is 10.0. The van der Waals surface area contributed by atoms with E-state index in [1.807, 2.05) is 36.4 Å². The quantitative estimate of drug-likeness (QED) is 0.246. The van der Waals surface area contributed by atoms with Crippen molar-refractivity contribution in [2.45, 2.75) is 13.5 Å². The fraction of sp³-hybridized carbons (Fsp3) is 0.107. The van der Waals surface area contributed by atoms with Crippen LogP contribution in [0.5, 0.6) is 5.75 Å². The van der Waals surface area contributed by atoms with Crippen LogP contribution in [-0.4, -0.2) is 17.1 Å². The zero-order chi connectivity index (χ0) is 23.7. The predicted octanol–water partition coefficient (Wildman–Crippen LogP) is 7.62. The molecule has 34 heavy (non-hydrogen) atoms. The van der Waals surface area contributed by atoms with Gasteiger partial charge in [-0.3, -0.25) is 0 Å². The molecule has 0 spiro atoms. The second kappa shape index (κ2) is 9.41. The van der Waals surface area contributed by atoms with Gasteiger partial charge in [0.2, 0.25) is 0 Å². The van der Waals surface area contributed by atoms with Crippen LogP contribution in [0.1, 0.15) is 11.1 Å². The van der Waals surface area contributed by atoms with Crippen LogP contribution in [0, 0.1) is 6.92 Å². The molecule has 0 saturated heterocycles. The van der Waals surface area contributed by atoms with E-state index in [2.05, 4.69) is 49.4 Å². The Morgan fingerprint density at radius 3 is 2.21 bits per heavy atom. The topological polar surface area (TPSA) is 36.3 Å². The molecule has 4 nitrogen and oxygen atoms in total. The van der Waals surface area contributed by atoms with Crippen LogP contribution in [0.3, 0.4) is 0 Å². The molecule has 0 N–H and O–H groups in total. The maximum atomic E-state index is 6.25. The van der Waals surface area contributed by atoms with Crippen molar-refractivity contribution >= 4 is 34.0 Å². The van der Waals surface area contributed by atoms with Crippen molar-refractivity contribution in [3.05, 3.63) is 106 Å². The summed E-state index contributed by atoms with van der Waals surface area (Å²) in [6.45, 7) is 2.45. The minimum atomic E-state index is 0.384. The molecule has 0 amide bonds. The van der Waals surface area contributed by atoms with Gasteiger partial charge in [-0.05, 0) is 65.7 Å². The first-order valence-electron chi connectivity index (χ1n) is 10.8. The van der Waals surface area contributed by atoms with Crippen LogP contribution in [0.2, 0.25) is 10.0 Å². The molecular weight excluding hydrogens is 467 g/mol. The molecule has 0 aliphatic heterocycles. The van der Waals surface area contributed by atoms with Crippen LogP contribution in [-0.2, 0) is 6.61 Å². The normalized spacial score (nSPS) is 11.1. The van der Waals surface area contributed by atoms with Gasteiger partial charge in [0.15, 0.2) is 0 Å². The van der Waals surface area contributed by atoms with E-state index in [9.17, 15) is 0 Å². The molecule has 0 aliphatic carbocycles. The Morgan fingerprint density at radius 2 is 1.47 bits per heavy atom. The smallest absolute Gasteiger partial charge is 0.142 e. The first-order chi connectivity index (χ1) is 16.5. The van der Waals surface area contributed by atoms with E-state index in [1.165, 1.54) is 5.56 Å². The van der Waals surface area contributed by atoms with Gasteiger partial charge in [-0.2, -0.15) is 0 Å². The summed E-state index contributed by atoms with van der Waals surface area (Å²) >= 11 is 12.5. The fourth-order valence-corrected chi connectivity index (χ4v) is 4.36. The Labute approximate surface area is 208 Å². The Balaban J connectivity index is 1.56. The van der Waals surface area contributed by atoms with Gasteiger partial charge in [0.25, 0.3) is 0 Å². The Bertz CT molecular complexity index is 1460. The van der Waals surface area contributed by atoms with Gasteiger partial charge >= 0.3 is 0 Å². The molecule has 0 atom stereocenters. The lowest BCUT2D eigenvalue weighted by Gasteiger charge is -2.10. The molecule has 0 radical (unpaired) electrons. The summed E-state index contributed by atoms with van der Waals surface area (Å²) in [5, 5.41) is 8.03. The van der Waals surface area contributed by atoms with Gasteiger partial charge in [-0.15, -0.1) is 5.10 Å². The lowest BCUT2D eigenvalue weighted by molar-refractivity contribution is 0.0742. The van der Waals surface area contributed by atoms with Crippen LogP contribution >= 0.6 is 23.2 Å². The number of hydrogen-bond acceptors (Lipinski definition) is 3. The standard InChI is InChI=1S/C28H22Cl2N2O2/c1-18-3-5-19(6-4-18)17-34-32-28(16-27(31-32)23-12-24(29)15-25(30)13-23)22-8-7-21-14-26(33-2)10-9-20(21)11-22/h3-16H,17H2,1-2H3. The van der Waals surface area contributed by atoms with Gasteiger partial charge in [-0.25, -0.2) is 0 Å². The molecule has 5 rings (SSSR count). The number of hydrogen-bond donors (Lipinski definition) is 0. The third-order valence-corrected chi connectivity index (χ3v) is 6.09. The molecule has 5 aromatic rings. The molecule has 0 saturated carbocycles. The zero-order valence-electron chi connectivity index (χ0n) is 18.8. The van der Waals surface area contributed by atoms with E-state index in [-0.39, 0.29) is 0 Å². The van der Waals surface area contributed by atoms with Gasteiger partial charge in [0, 0.05) is 21.2 Å². The van der Waals surface area contributed by atoms with Crippen LogP contribution in [0.25, 0.3) is 33.3 Å². The number of methoxy groups -OCH3 is 1. The average Bonchev–Trinajstić information content (AvgIpc) is 3.27. The summed E-state index contributed by atoms with van der Waals surface area (Å²) in [4.78, 5) is 7.73. The van der Waals surface area contributed by atoms with Gasteiger partial charge in [0.1, 0.15) is 18.1 Å². The van der Waals surface area contributed by atoms with E-state index in [0.717, 1.165) is 44.6 Å². The molecule has 4 aromatic carbocycles. The monoisotopic (exact) mass is 488 g/mol. The average molecular weight is 489 g/mol. The number of ether oxygens (including phenoxy) is 1. The van der Waals surface area contributed by atoms with E-state index >= 15 is 0 Å². The molecule has 0 aliphatic rings. The third-order valence-electron chi connectivity index (χ3n) is 5.65. The van der Waals surface area contributed by atoms with Crippen molar-refractivity contribution in [2.75, 3.05) is 7.11 Å². The Kier molecular flexibility index (Phi) is 6.18. The van der Waals surface area contributed by atoms with Crippen LogP contribution < -0.4 is 9.57 Å². The van der Waals surface area contributed by atoms with E-state index in [1.54, 1.807) is 18.0 Å². The number of rotatable bonds is 6. The second-order valence-electron chi connectivity index (χ2n) is 8.13. The molecule has 6 heteroatoms. The summed E-state index contributed by atoms with van der Waals surface area (Å²) in [7, 11) is 1.67. The van der Waals surface area contributed by atoms with Crippen molar-refractivity contribution in [3.8, 4) is 28.3 Å². The number of fused-ring (bicyclic) bond motifs is 1. The van der Waals surface area contributed by atoms with Gasteiger partial charge in [0.05, 0.1) is 12.8 Å². The molecule has 1 heterocycles. The van der Waals surface area contributed by atoms with Crippen molar-refractivity contribution in [2.24, 2.45) is 0 Å². The van der Waals surface area contributed by atoms with E-state index < -0.39 is 0 Å². The van der Waals surface area contributed by atoms with Crippen molar-refractivity contribution in [1.29, 1.82) is 0 Å². The molecule has 170 valence electrons. The number of aromatic nitrogens is 2. The van der Waals surface area contributed by atoms with Crippen molar-refractivity contribution < 1.29 is 9.57 Å². The summed E-state index contributed by atoms with van der Waals surface area (Å²) in [5.41, 5.74) is 5.62. The van der Waals surface area contributed by atoms with Crippen molar-refractivity contribution in [1.82, 2.24) is 9.94 Å². The van der Waals surface area contributed by atoms with Crippen molar-refractivity contribution in [3.63, 3.8) is 0 Å². The fourth-order valence-electron chi connectivity index (χ4n) is 3.83. The maximum absolute atomic E-state index is 6.25. The number of nitrogens with zero attached hydrogens (tertiary/aromatic N) is 2. The lowest BCUT2D eigenvalue weighted by Crippen LogP contribution is -2.14. The highest BCUT2D eigenvalue weighted by Gasteiger charge is 2.15. The zero-order valence-corrected chi connectivity index (χ0v) is 20.3. The largest absolute Gasteiger partial charge is 0.497 e. The highest BCUT2D eigenvalue weighted by molar-refractivity contribution is 6.35. The number of benzene rings is 4. The third kappa shape index (κ3) is 4.74. The first-order valence-corrected chi connectivity index (χ1v) is 11.6. The second-order valence-corrected chi connectivity index (χ2v) is 9.01. The summed E-state index contributed by atoms with van der Waals surface area (Å²) in [6.07, 6.45) is 0. The highest BCUT2D eigenvalue weighted by atomic mass is 35.5. The molecular formula is C28H22Cl2N2O2. The SMILES string of the molecule is COc1ccc2cc(-c3cc(-c4cc(Cl)cc(Cl)c4)nn3OCc3ccc(C)cc3)ccc2c1. The summed E-state index contributed by atoms with van der Waals surface area (Å²) in [5.74, 6) is 0.826. The summed E-state index contributed by atoms with van der Waals surface area (Å²) < 4.78 is 5.35. The first kappa shape index (κ1) is 22.3. The van der Waals surface area contributed by atoms with E-state index in [4.69, 9.17) is 37.9 Å². The molecule has 0 fully saturated rings. The molecule has 1 aromatic heterocycles. The molecule has 0 unspecified atom stereocenters. The maximum Gasteiger partial charge on any atom is 0.142 e. The van der Waals surface area contributed by atoms with Gasteiger partial charge in [-0.1, -0.05) is 76.1 Å². The minimum Gasteiger partial charge on any atom is -0.497 e. The van der Waals surface area contributed by atoms with E-state index in [0.29, 0.717) is 16.7 Å². The Morgan fingerprint density at radius 1 is 0.765 bits per heavy atom. The number of halogens is 2. The van der Waals surface area contributed by atoms with Gasteiger partial charge < -0.3 is 9.57 Å². The Hall–Kier alpha value is -3.47.